The van der Waals surface area contributed by atoms with Crippen LogP contribution in [0.4, 0.5) is 10.1 Å². The van der Waals surface area contributed by atoms with Gasteiger partial charge in [-0.2, -0.15) is 0 Å². The summed E-state index contributed by atoms with van der Waals surface area (Å²) in [6.07, 6.45) is 0. The van der Waals surface area contributed by atoms with Gasteiger partial charge in [0.2, 0.25) is 0 Å². The van der Waals surface area contributed by atoms with Crippen LogP contribution in [-0.2, 0) is 6.54 Å². The number of hydrogen-bond donors (Lipinski definition) is 0. The van der Waals surface area contributed by atoms with Crippen LogP contribution < -0.4 is 9.64 Å². The van der Waals surface area contributed by atoms with Crippen LogP contribution in [0.3, 0.4) is 0 Å². The van der Waals surface area contributed by atoms with Crippen LogP contribution in [0.25, 0.3) is 22.3 Å². The Kier molecular flexibility index (Phi) is 5.35. The lowest BCUT2D eigenvalue weighted by atomic mass is 10.1. The van der Waals surface area contributed by atoms with E-state index in [1.165, 1.54) is 23.4 Å². The van der Waals surface area contributed by atoms with E-state index in [-0.39, 0.29) is 5.82 Å². The zero-order valence-corrected chi connectivity index (χ0v) is 17.6. The van der Waals surface area contributed by atoms with E-state index >= 15 is 0 Å². The number of furan rings is 1. The van der Waals surface area contributed by atoms with Crippen LogP contribution in [0.5, 0.6) is 5.75 Å². The van der Waals surface area contributed by atoms with Crippen molar-refractivity contribution in [2.75, 3.05) is 38.2 Å². The molecule has 0 amide bonds. The van der Waals surface area contributed by atoms with Crippen molar-refractivity contribution in [1.82, 2.24) is 4.90 Å². The maximum Gasteiger partial charge on any atom is 0.176 e. The Labute approximate surface area is 181 Å². The molecule has 0 spiro atoms. The molecule has 4 aromatic rings. The molecule has 158 valence electrons. The number of methoxy groups -OCH3 is 1. The summed E-state index contributed by atoms with van der Waals surface area (Å²) in [7, 11) is 1.64. The first-order chi connectivity index (χ1) is 15.2. The van der Waals surface area contributed by atoms with Gasteiger partial charge in [0.05, 0.1) is 7.11 Å². The molecule has 4 nitrogen and oxygen atoms in total. The molecule has 1 fully saturated rings. The Morgan fingerprint density at radius 3 is 2.45 bits per heavy atom. The van der Waals surface area contributed by atoms with Gasteiger partial charge in [-0.1, -0.05) is 36.4 Å². The maximum absolute atomic E-state index is 13.7. The second-order valence-electron chi connectivity index (χ2n) is 7.89. The van der Waals surface area contributed by atoms with Crippen LogP contribution in [0, 0.1) is 5.82 Å². The molecule has 0 atom stereocenters. The van der Waals surface area contributed by atoms with E-state index in [1.807, 2.05) is 18.2 Å². The van der Waals surface area contributed by atoms with E-state index in [4.69, 9.17) is 9.15 Å². The average Bonchev–Trinajstić information content (AvgIpc) is 3.27. The second kappa shape index (κ2) is 8.44. The van der Waals surface area contributed by atoms with Crippen LogP contribution >= 0.6 is 0 Å². The van der Waals surface area contributed by atoms with Gasteiger partial charge in [-0.25, -0.2) is 4.39 Å². The Hall–Kier alpha value is -3.31. The standard InChI is InChI=1S/C26H25FN2O2/c1-30-24-11-10-20(18-28-12-14-29(15-13-28)22-8-3-2-4-9-22)23-17-25(31-26(23)24)19-6-5-7-21(27)16-19/h2-11,16-17H,12-15,18H2,1H3. The van der Waals surface area contributed by atoms with Gasteiger partial charge in [0, 0.05) is 49.4 Å². The smallest absolute Gasteiger partial charge is 0.176 e. The fourth-order valence-electron chi connectivity index (χ4n) is 4.28. The SMILES string of the molecule is COc1ccc(CN2CCN(c3ccccc3)CC2)c2cc(-c3cccc(F)c3)oc12. The van der Waals surface area contributed by atoms with E-state index in [9.17, 15) is 4.39 Å². The molecule has 1 aliphatic rings. The van der Waals surface area contributed by atoms with Gasteiger partial charge in [-0.15, -0.1) is 0 Å². The van der Waals surface area contributed by atoms with E-state index in [0.717, 1.165) is 43.7 Å². The quantitative estimate of drug-likeness (QED) is 0.425. The minimum Gasteiger partial charge on any atom is -0.493 e. The van der Waals surface area contributed by atoms with Gasteiger partial charge in [0.25, 0.3) is 0 Å². The second-order valence-corrected chi connectivity index (χ2v) is 7.89. The van der Waals surface area contributed by atoms with Crippen molar-refractivity contribution in [2.24, 2.45) is 0 Å². The highest BCUT2D eigenvalue weighted by Crippen LogP contribution is 2.36. The third-order valence-electron chi connectivity index (χ3n) is 5.95. The Morgan fingerprint density at radius 2 is 1.71 bits per heavy atom. The van der Waals surface area contributed by atoms with Crippen LogP contribution in [0.1, 0.15) is 5.56 Å². The van der Waals surface area contributed by atoms with Gasteiger partial charge in [-0.3, -0.25) is 4.90 Å². The summed E-state index contributed by atoms with van der Waals surface area (Å²) < 4.78 is 25.4. The number of fused-ring (bicyclic) bond motifs is 1. The van der Waals surface area contributed by atoms with Crippen LogP contribution in [-0.4, -0.2) is 38.2 Å². The number of ether oxygens (including phenoxy) is 1. The molecule has 31 heavy (non-hydrogen) atoms. The van der Waals surface area contributed by atoms with Crippen molar-refractivity contribution in [3.8, 4) is 17.1 Å². The summed E-state index contributed by atoms with van der Waals surface area (Å²) in [6.45, 7) is 4.84. The molecule has 0 radical (unpaired) electrons. The number of halogens is 1. The molecule has 0 bridgehead atoms. The highest BCUT2D eigenvalue weighted by molar-refractivity contribution is 5.90. The minimum absolute atomic E-state index is 0.276. The summed E-state index contributed by atoms with van der Waals surface area (Å²) in [5.74, 6) is 1.06. The highest BCUT2D eigenvalue weighted by Gasteiger charge is 2.20. The van der Waals surface area contributed by atoms with Crippen molar-refractivity contribution >= 4 is 16.7 Å². The lowest BCUT2D eigenvalue weighted by Gasteiger charge is -2.36. The summed E-state index contributed by atoms with van der Waals surface area (Å²) >= 11 is 0. The van der Waals surface area contributed by atoms with Crippen LogP contribution in [0.15, 0.2) is 77.2 Å². The largest absolute Gasteiger partial charge is 0.493 e. The Morgan fingerprint density at radius 1 is 0.903 bits per heavy atom. The van der Waals surface area contributed by atoms with Crippen LogP contribution in [0.2, 0.25) is 0 Å². The van der Waals surface area contributed by atoms with Gasteiger partial charge in [0.15, 0.2) is 11.3 Å². The van der Waals surface area contributed by atoms with E-state index in [0.29, 0.717) is 17.1 Å². The number of para-hydroxylation sites is 1. The zero-order chi connectivity index (χ0) is 21.2. The number of benzene rings is 3. The average molecular weight is 416 g/mol. The Bertz CT molecular complexity index is 1180. The predicted octanol–water partition coefficient (Wildman–Crippen LogP) is 5.57. The third-order valence-corrected chi connectivity index (χ3v) is 5.95. The summed E-state index contributed by atoms with van der Waals surface area (Å²) in [5.41, 5.74) is 3.90. The number of nitrogens with zero attached hydrogens (tertiary/aromatic N) is 2. The molecule has 1 saturated heterocycles. The van der Waals surface area contributed by atoms with Gasteiger partial charge >= 0.3 is 0 Å². The van der Waals surface area contributed by atoms with E-state index in [2.05, 4.69) is 46.2 Å². The summed E-state index contributed by atoms with van der Waals surface area (Å²) in [5, 5.41) is 1.02. The molecule has 0 aliphatic carbocycles. The van der Waals surface area contributed by atoms with Crippen molar-refractivity contribution in [3.63, 3.8) is 0 Å². The summed E-state index contributed by atoms with van der Waals surface area (Å²) in [4.78, 5) is 4.90. The van der Waals surface area contributed by atoms with Crippen molar-refractivity contribution < 1.29 is 13.5 Å². The topological polar surface area (TPSA) is 28.9 Å². The van der Waals surface area contributed by atoms with Crippen molar-refractivity contribution in [1.29, 1.82) is 0 Å². The molecular formula is C26H25FN2O2. The fourth-order valence-corrected chi connectivity index (χ4v) is 4.28. The minimum atomic E-state index is -0.276. The predicted molar refractivity (Wildman–Crippen MR) is 122 cm³/mol. The lowest BCUT2D eigenvalue weighted by Crippen LogP contribution is -2.45. The maximum atomic E-state index is 13.7. The van der Waals surface area contributed by atoms with Gasteiger partial charge < -0.3 is 14.1 Å². The molecule has 1 aliphatic heterocycles. The molecule has 3 aromatic carbocycles. The van der Waals surface area contributed by atoms with Crippen molar-refractivity contribution in [3.05, 3.63) is 84.2 Å². The first kappa shape index (κ1) is 19.6. The van der Waals surface area contributed by atoms with Gasteiger partial charge in [-0.05, 0) is 42.0 Å². The first-order valence-electron chi connectivity index (χ1n) is 10.6. The number of piperazine rings is 1. The molecular weight excluding hydrogens is 391 g/mol. The monoisotopic (exact) mass is 416 g/mol. The number of hydrogen-bond acceptors (Lipinski definition) is 4. The molecule has 0 saturated carbocycles. The highest BCUT2D eigenvalue weighted by atomic mass is 19.1. The molecule has 5 heteroatoms. The molecule has 0 N–H and O–H groups in total. The number of anilines is 1. The first-order valence-corrected chi connectivity index (χ1v) is 10.6. The normalized spacial score (nSPS) is 14.8. The molecule has 1 aromatic heterocycles. The zero-order valence-electron chi connectivity index (χ0n) is 17.6. The number of rotatable bonds is 5. The van der Waals surface area contributed by atoms with E-state index in [1.54, 1.807) is 13.2 Å². The molecule has 0 unspecified atom stereocenters. The Balaban J connectivity index is 1.39. The van der Waals surface area contributed by atoms with Gasteiger partial charge in [0.1, 0.15) is 11.6 Å². The lowest BCUT2D eigenvalue weighted by molar-refractivity contribution is 0.250. The summed E-state index contributed by atoms with van der Waals surface area (Å²) in [6, 6.07) is 23.1. The fraction of sp³-hybridized carbons (Fsp3) is 0.231. The molecule has 2 heterocycles. The van der Waals surface area contributed by atoms with E-state index < -0.39 is 0 Å². The van der Waals surface area contributed by atoms with Crippen molar-refractivity contribution in [2.45, 2.75) is 6.54 Å². The molecule has 5 rings (SSSR count). The third kappa shape index (κ3) is 4.01.